The Balaban J connectivity index is 2.41. The van der Waals surface area contributed by atoms with Gasteiger partial charge in [-0.3, -0.25) is 4.79 Å². The molecule has 0 spiro atoms. The van der Waals surface area contributed by atoms with E-state index in [-0.39, 0.29) is 17.9 Å². The lowest BCUT2D eigenvalue weighted by Crippen LogP contribution is -2.46. The first-order valence-electron chi connectivity index (χ1n) is 6.19. The first-order chi connectivity index (χ1) is 7.19. The van der Waals surface area contributed by atoms with Crippen LogP contribution in [0.15, 0.2) is 0 Å². The van der Waals surface area contributed by atoms with Crippen molar-refractivity contribution in [2.24, 2.45) is 17.6 Å². The maximum Gasteiger partial charge on any atom is 0.223 e. The molecule has 1 amide bonds. The van der Waals surface area contributed by atoms with Gasteiger partial charge in [0, 0.05) is 18.5 Å². The molecule has 2 unspecified atom stereocenters. The lowest BCUT2D eigenvalue weighted by Gasteiger charge is -2.24. The number of amides is 1. The van der Waals surface area contributed by atoms with E-state index in [0.29, 0.717) is 12.5 Å². The second-order valence-electron chi connectivity index (χ2n) is 4.70. The van der Waals surface area contributed by atoms with Crippen molar-refractivity contribution in [3.8, 4) is 0 Å². The van der Waals surface area contributed by atoms with Gasteiger partial charge < -0.3 is 11.1 Å². The number of nitrogens with two attached hydrogens (primary N) is 1. The van der Waals surface area contributed by atoms with E-state index < -0.39 is 0 Å². The number of hydrogen-bond donors (Lipinski definition) is 2. The summed E-state index contributed by atoms with van der Waals surface area (Å²) in [5, 5.41) is 3.10. The average Bonchev–Trinajstić information content (AvgIpc) is 2.77. The minimum atomic E-state index is 0.112. The van der Waals surface area contributed by atoms with E-state index in [0.717, 1.165) is 6.42 Å². The molecule has 0 aliphatic heterocycles. The molecule has 0 aromatic heterocycles. The fourth-order valence-electron chi connectivity index (χ4n) is 2.24. The molecule has 2 atom stereocenters. The highest BCUT2D eigenvalue weighted by molar-refractivity contribution is 5.78. The summed E-state index contributed by atoms with van der Waals surface area (Å²) in [5.41, 5.74) is 5.73. The van der Waals surface area contributed by atoms with Crippen LogP contribution in [-0.2, 0) is 4.79 Å². The van der Waals surface area contributed by atoms with E-state index in [9.17, 15) is 4.79 Å². The van der Waals surface area contributed by atoms with Gasteiger partial charge in [0.2, 0.25) is 5.91 Å². The van der Waals surface area contributed by atoms with E-state index in [4.69, 9.17) is 5.73 Å². The molecule has 3 N–H and O–H groups in total. The van der Waals surface area contributed by atoms with Crippen LogP contribution in [0.4, 0.5) is 0 Å². The largest absolute Gasteiger partial charge is 0.352 e. The van der Waals surface area contributed by atoms with Crippen molar-refractivity contribution in [1.29, 1.82) is 0 Å². The summed E-state index contributed by atoms with van der Waals surface area (Å²) in [6.07, 6.45) is 5.93. The highest BCUT2D eigenvalue weighted by Crippen LogP contribution is 2.27. The zero-order valence-corrected chi connectivity index (χ0v) is 9.96. The van der Waals surface area contributed by atoms with Gasteiger partial charge in [0.25, 0.3) is 0 Å². The van der Waals surface area contributed by atoms with Gasteiger partial charge in [-0.25, -0.2) is 0 Å². The van der Waals surface area contributed by atoms with Crippen LogP contribution in [0, 0.1) is 11.8 Å². The molecule has 3 nitrogen and oxygen atoms in total. The molecule has 0 saturated heterocycles. The third kappa shape index (κ3) is 3.49. The van der Waals surface area contributed by atoms with Crippen molar-refractivity contribution in [2.45, 2.75) is 52.0 Å². The summed E-state index contributed by atoms with van der Waals surface area (Å²) in [5.74, 6) is 0.892. The Morgan fingerprint density at radius 2 is 2.07 bits per heavy atom. The Hall–Kier alpha value is -0.570. The predicted molar refractivity (Wildman–Crippen MR) is 62.4 cm³/mol. The minimum Gasteiger partial charge on any atom is -0.352 e. The quantitative estimate of drug-likeness (QED) is 0.728. The van der Waals surface area contributed by atoms with Gasteiger partial charge in [-0.1, -0.05) is 26.7 Å². The molecule has 1 aliphatic rings. The van der Waals surface area contributed by atoms with E-state index in [1.807, 2.05) is 13.8 Å². The minimum absolute atomic E-state index is 0.112. The van der Waals surface area contributed by atoms with Crippen LogP contribution in [0.1, 0.15) is 46.0 Å². The van der Waals surface area contributed by atoms with Gasteiger partial charge in [-0.2, -0.15) is 0 Å². The molecule has 15 heavy (non-hydrogen) atoms. The van der Waals surface area contributed by atoms with Gasteiger partial charge in [0.15, 0.2) is 0 Å². The van der Waals surface area contributed by atoms with Crippen molar-refractivity contribution in [2.75, 3.05) is 6.54 Å². The molecule has 88 valence electrons. The fourth-order valence-corrected chi connectivity index (χ4v) is 2.24. The van der Waals surface area contributed by atoms with Crippen LogP contribution in [0.5, 0.6) is 0 Å². The van der Waals surface area contributed by atoms with Crippen molar-refractivity contribution in [3.05, 3.63) is 0 Å². The highest BCUT2D eigenvalue weighted by atomic mass is 16.1. The number of nitrogens with one attached hydrogen (secondary N) is 1. The highest BCUT2D eigenvalue weighted by Gasteiger charge is 2.26. The fraction of sp³-hybridized carbons (Fsp3) is 0.917. The lowest BCUT2D eigenvalue weighted by molar-refractivity contribution is -0.125. The Morgan fingerprint density at radius 1 is 1.47 bits per heavy atom. The molecule has 0 aromatic carbocycles. The third-order valence-electron chi connectivity index (χ3n) is 3.61. The number of carbonyl (C=O) groups is 1. The monoisotopic (exact) mass is 212 g/mol. The topological polar surface area (TPSA) is 55.1 Å². The van der Waals surface area contributed by atoms with Crippen LogP contribution in [0.3, 0.4) is 0 Å². The van der Waals surface area contributed by atoms with E-state index in [2.05, 4.69) is 5.32 Å². The molecule has 0 aromatic rings. The summed E-state index contributed by atoms with van der Waals surface area (Å²) in [7, 11) is 0. The van der Waals surface area contributed by atoms with Crippen LogP contribution in [0.25, 0.3) is 0 Å². The Kier molecular flexibility index (Phi) is 5.09. The van der Waals surface area contributed by atoms with Crippen LogP contribution < -0.4 is 11.1 Å². The molecule has 1 rings (SSSR count). The summed E-state index contributed by atoms with van der Waals surface area (Å²) in [6, 6.07) is 0.203. The Morgan fingerprint density at radius 3 is 2.53 bits per heavy atom. The van der Waals surface area contributed by atoms with Crippen molar-refractivity contribution >= 4 is 5.91 Å². The Labute approximate surface area is 92.8 Å². The molecular formula is C12H24N2O. The van der Waals surface area contributed by atoms with Crippen LogP contribution in [-0.4, -0.2) is 18.5 Å². The first kappa shape index (κ1) is 12.5. The van der Waals surface area contributed by atoms with Gasteiger partial charge in [0.1, 0.15) is 0 Å². The van der Waals surface area contributed by atoms with Gasteiger partial charge in [0.05, 0.1) is 0 Å². The Bertz CT molecular complexity index is 200. The number of rotatable bonds is 5. The van der Waals surface area contributed by atoms with Crippen LogP contribution >= 0.6 is 0 Å². The van der Waals surface area contributed by atoms with Gasteiger partial charge in [-0.15, -0.1) is 0 Å². The average molecular weight is 212 g/mol. The van der Waals surface area contributed by atoms with Crippen molar-refractivity contribution in [1.82, 2.24) is 5.32 Å². The van der Waals surface area contributed by atoms with E-state index in [1.165, 1.54) is 25.7 Å². The molecule has 0 radical (unpaired) electrons. The summed E-state index contributed by atoms with van der Waals surface area (Å²) in [4.78, 5) is 11.7. The molecule has 1 saturated carbocycles. The molecule has 1 fully saturated rings. The smallest absolute Gasteiger partial charge is 0.223 e. The molecule has 3 heteroatoms. The second kappa shape index (κ2) is 6.11. The van der Waals surface area contributed by atoms with Crippen molar-refractivity contribution < 1.29 is 4.79 Å². The maximum atomic E-state index is 11.7. The summed E-state index contributed by atoms with van der Waals surface area (Å²) >= 11 is 0. The van der Waals surface area contributed by atoms with E-state index >= 15 is 0 Å². The van der Waals surface area contributed by atoms with Crippen molar-refractivity contribution in [3.63, 3.8) is 0 Å². The zero-order chi connectivity index (χ0) is 11.3. The molecule has 0 bridgehead atoms. The molecular weight excluding hydrogens is 188 g/mol. The van der Waals surface area contributed by atoms with Crippen LogP contribution in [0.2, 0.25) is 0 Å². The summed E-state index contributed by atoms with van der Waals surface area (Å²) in [6.45, 7) is 4.58. The summed E-state index contributed by atoms with van der Waals surface area (Å²) < 4.78 is 0. The SMILES string of the molecule is CCC(C)C(=O)NC(CN)C1CCCC1. The normalized spacial score (nSPS) is 21.3. The molecule has 1 aliphatic carbocycles. The van der Waals surface area contributed by atoms with E-state index in [1.54, 1.807) is 0 Å². The number of hydrogen-bond acceptors (Lipinski definition) is 2. The number of carbonyl (C=O) groups excluding carboxylic acids is 1. The zero-order valence-electron chi connectivity index (χ0n) is 9.96. The van der Waals surface area contributed by atoms with Gasteiger partial charge >= 0.3 is 0 Å². The standard InChI is InChI=1S/C12H24N2O/c1-3-9(2)12(15)14-11(8-13)10-6-4-5-7-10/h9-11H,3-8,13H2,1-2H3,(H,14,15). The van der Waals surface area contributed by atoms with Gasteiger partial charge in [-0.05, 0) is 25.2 Å². The predicted octanol–water partition coefficient (Wildman–Crippen LogP) is 1.67. The molecule has 0 heterocycles. The first-order valence-corrected chi connectivity index (χ1v) is 6.19. The second-order valence-corrected chi connectivity index (χ2v) is 4.70. The maximum absolute atomic E-state index is 11.7. The lowest BCUT2D eigenvalue weighted by atomic mass is 9.97. The third-order valence-corrected chi connectivity index (χ3v) is 3.61.